The lowest BCUT2D eigenvalue weighted by Gasteiger charge is -2.36. The van der Waals surface area contributed by atoms with Gasteiger partial charge in [-0.25, -0.2) is 18.4 Å². The minimum atomic E-state index is -3.66. The topological polar surface area (TPSA) is 105 Å². The molecule has 1 aliphatic heterocycles. The maximum atomic E-state index is 12.3. The van der Waals surface area contributed by atoms with Crippen LogP contribution in [0.25, 0.3) is 0 Å². The summed E-state index contributed by atoms with van der Waals surface area (Å²) in [6.07, 6.45) is 2.94. The molecular formula is C19H28N4O3S3. The van der Waals surface area contributed by atoms with Crippen LogP contribution in [0.4, 0.5) is 4.79 Å². The van der Waals surface area contributed by atoms with Crippen molar-refractivity contribution < 1.29 is 13.2 Å². The number of nitrogens with zero attached hydrogens (tertiary/aromatic N) is 1. The van der Waals surface area contributed by atoms with Crippen LogP contribution in [0.3, 0.4) is 0 Å². The van der Waals surface area contributed by atoms with E-state index in [9.17, 15) is 13.2 Å². The van der Waals surface area contributed by atoms with Crippen molar-refractivity contribution in [1.29, 1.82) is 0 Å². The van der Waals surface area contributed by atoms with Crippen LogP contribution in [-0.2, 0) is 16.4 Å². The first-order valence-electron chi connectivity index (χ1n) is 9.73. The Bertz CT molecular complexity index is 888. The van der Waals surface area contributed by atoms with Crippen molar-refractivity contribution in [3.05, 3.63) is 39.4 Å². The molecule has 3 rings (SSSR count). The van der Waals surface area contributed by atoms with Crippen LogP contribution < -0.4 is 15.8 Å². The predicted octanol–water partition coefficient (Wildman–Crippen LogP) is 2.77. The van der Waals surface area contributed by atoms with Gasteiger partial charge >= 0.3 is 6.03 Å². The molecule has 160 valence electrons. The highest BCUT2D eigenvalue weighted by Gasteiger charge is 2.25. The van der Waals surface area contributed by atoms with Gasteiger partial charge < -0.3 is 10.6 Å². The number of rotatable bonds is 8. The van der Waals surface area contributed by atoms with Crippen molar-refractivity contribution >= 4 is 38.7 Å². The van der Waals surface area contributed by atoms with E-state index in [4.69, 9.17) is 5.14 Å². The van der Waals surface area contributed by atoms with Crippen molar-refractivity contribution in [2.45, 2.75) is 36.4 Å². The zero-order chi connectivity index (χ0) is 20.9. The monoisotopic (exact) mass is 456 g/mol. The molecule has 29 heavy (non-hydrogen) atoms. The van der Waals surface area contributed by atoms with Crippen LogP contribution in [0.15, 0.2) is 33.9 Å². The largest absolute Gasteiger partial charge is 0.338 e. The lowest BCUT2D eigenvalue weighted by molar-refractivity contribution is 0.138. The first-order chi connectivity index (χ1) is 13.8. The van der Waals surface area contributed by atoms with E-state index in [1.807, 2.05) is 0 Å². The number of thiophene rings is 2. The Kier molecular flexibility index (Phi) is 7.69. The van der Waals surface area contributed by atoms with Gasteiger partial charge in [0, 0.05) is 22.8 Å². The van der Waals surface area contributed by atoms with E-state index >= 15 is 0 Å². The number of carbonyl (C=O) groups excluding carboxylic acids is 1. The van der Waals surface area contributed by atoms with Crippen LogP contribution in [0.5, 0.6) is 0 Å². The molecule has 1 aliphatic rings. The van der Waals surface area contributed by atoms with Crippen LogP contribution in [-0.4, -0.2) is 45.5 Å². The summed E-state index contributed by atoms with van der Waals surface area (Å²) in [7, 11) is -3.66. The minimum Gasteiger partial charge on any atom is -0.338 e. The molecule has 0 aliphatic carbocycles. The van der Waals surface area contributed by atoms with Crippen LogP contribution in [0.1, 0.15) is 35.6 Å². The molecule has 0 radical (unpaired) electrons. The van der Waals surface area contributed by atoms with Crippen molar-refractivity contribution in [3.63, 3.8) is 0 Å². The van der Waals surface area contributed by atoms with Gasteiger partial charge in [0.05, 0.1) is 6.04 Å². The SMILES string of the molecule is CC1CCN(C(CNC(=O)NCCc2ccc(S(N)(=O)=O)s2)c2cccs2)CC1. The number of piperidine rings is 1. The maximum absolute atomic E-state index is 12.3. The Labute approximate surface area is 180 Å². The summed E-state index contributed by atoms with van der Waals surface area (Å²) >= 11 is 2.86. The molecule has 0 aromatic carbocycles. The Morgan fingerprint density at radius 2 is 2.03 bits per heavy atom. The number of amides is 2. The number of hydrogen-bond donors (Lipinski definition) is 3. The highest BCUT2D eigenvalue weighted by molar-refractivity contribution is 7.91. The number of likely N-dealkylation sites (tertiary alicyclic amines) is 1. The zero-order valence-electron chi connectivity index (χ0n) is 16.5. The third kappa shape index (κ3) is 6.51. The Morgan fingerprint density at radius 3 is 2.66 bits per heavy atom. The summed E-state index contributed by atoms with van der Waals surface area (Å²) in [5.41, 5.74) is 0. The number of nitrogens with two attached hydrogens (primary N) is 1. The third-order valence-electron chi connectivity index (χ3n) is 5.16. The number of primary sulfonamides is 1. The summed E-state index contributed by atoms with van der Waals surface area (Å²) in [6, 6.07) is 7.40. The molecule has 1 unspecified atom stereocenters. The quantitative estimate of drug-likeness (QED) is 0.568. The summed E-state index contributed by atoms with van der Waals surface area (Å²) in [6.45, 7) is 5.40. The van der Waals surface area contributed by atoms with E-state index in [1.54, 1.807) is 17.4 Å². The van der Waals surface area contributed by atoms with Crippen LogP contribution in [0.2, 0.25) is 0 Å². The second kappa shape index (κ2) is 10.0. The standard InChI is InChI=1S/C19H28N4O3S3/c1-14-7-10-23(11-8-14)16(17-3-2-12-27-17)13-22-19(24)21-9-6-15-4-5-18(28-15)29(20,25)26/h2-5,12,14,16H,6-11,13H2,1H3,(H2,20,25,26)(H2,21,22,24). The fraction of sp³-hybridized carbons (Fsp3) is 0.526. The molecular weight excluding hydrogens is 428 g/mol. The van der Waals surface area contributed by atoms with Gasteiger partial charge in [-0.1, -0.05) is 13.0 Å². The van der Waals surface area contributed by atoms with E-state index in [0.29, 0.717) is 19.5 Å². The smallest absolute Gasteiger partial charge is 0.314 e. The lowest BCUT2D eigenvalue weighted by Crippen LogP contribution is -2.44. The second-order valence-corrected chi connectivity index (χ2v) is 11.3. The second-order valence-electron chi connectivity index (χ2n) is 7.40. The van der Waals surface area contributed by atoms with Crippen molar-refractivity contribution in [3.8, 4) is 0 Å². The van der Waals surface area contributed by atoms with Gasteiger partial charge in [0.1, 0.15) is 4.21 Å². The van der Waals surface area contributed by atoms with Gasteiger partial charge in [-0.3, -0.25) is 4.90 Å². The molecule has 1 atom stereocenters. The van der Waals surface area contributed by atoms with Gasteiger partial charge in [-0.05, 0) is 61.8 Å². The minimum absolute atomic E-state index is 0.145. The molecule has 7 nitrogen and oxygen atoms in total. The van der Waals surface area contributed by atoms with Crippen molar-refractivity contribution in [1.82, 2.24) is 15.5 Å². The Morgan fingerprint density at radius 1 is 1.28 bits per heavy atom. The summed E-state index contributed by atoms with van der Waals surface area (Å²) < 4.78 is 22.8. The molecule has 1 saturated heterocycles. The number of sulfonamides is 1. The molecule has 0 spiro atoms. The van der Waals surface area contributed by atoms with Crippen LogP contribution in [0, 0.1) is 5.92 Å². The van der Waals surface area contributed by atoms with E-state index in [-0.39, 0.29) is 16.3 Å². The zero-order valence-corrected chi connectivity index (χ0v) is 18.9. The van der Waals surface area contributed by atoms with Gasteiger partial charge in [-0.2, -0.15) is 0 Å². The molecule has 2 aromatic rings. The molecule has 4 N–H and O–H groups in total. The third-order valence-corrected chi connectivity index (χ3v) is 8.72. The lowest BCUT2D eigenvalue weighted by atomic mass is 9.97. The van der Waals surface area contributed by atoms with Gasteiger partial charge in [0.2, 0.25) is 10.0 Å². The van der Waals surface area contributed by atoms with Crippen LogP contribution >= 0.6 is 22.7 Å². The van der Waals surface area contributed by atoms with E-state index in [0.717, 1.165) is 35.2 Å². The molecule has 0 saturated carbocycles. The molecule has 10 heteroatoms. The fourth-order valence-corrected chi connectivity index (χ4v) is 6.07. The molecule has 2 amide bonds. The average Bonchev–Trinajstić information content (AvgIpc) is 3.35. The van der Waals surface area contributed by atoms with E-state index < -0.39 is 10.0 Å². The maximum Gasteiger partial charge on any atom is 0.314 e. The number of hydrogen-bond acceptors (Lipinski definition) is 6. The molecule has 0 bridgehead atoms. The van der Waals surface area contributed by atoms with Gasteiger partial charge in [0.15, 0.2) is 0 Å². The van der Waals surface area contributed by atoms with E-state index in [2.05, 4.69) is 40.0 Å². The molecule has 2 aromatic heterocycles. The number of carbonyl (C=O) groups is 1. The highest BCUT2D eigenvalue weighted by Crippen LogP contribution is 2.29. The van der Waals surface area contributed by atoms with Crippen molar-refractivity contribution in [2.24, 2.45) is 11.1 Å². The number of nitrogens with one attached hydrogen (secondary N) is 2. The summed E-state index contributed by atoms with van der Waals surface area (Å²) in [5, 5.41) is 13.0. The number of urea groups is 1. The molecule has 1 fully saturated rings. The average molecular weight is 457 g/mol. The van der Waals surface area contributed by atoms with Gasteiger partial charge in [0.25, 0.3) is 0 Å². The Balaban J connectivity index is 1.47. The molecule has 3 heterocycles. The van der Waals surface area contributed by atoms with E-state index in [1.165, 1.54) is 23.8 Å². The normalized spacial score (nSPS) is 17.2. The van der Waals surface area contributed by atoms with Crippen molar-refractivity contribution in [2.75, 3.05) is 26.2 Å². The highest BCUT2D eigenvalue weighted by atomic mass is 32.2. The predicted molar refractivity (Wildman–Crippen MR) is 118 cm³/mol. The summed E-state index contributed by atoms with van der Waals surface area (Å²) in [4.78, 5) is 16.9. The first kappa shape index (κ1) is 22.2. The fourth-order valence-electron chi connectivity index (χ4n) is 3.43. The first-order valence-corrected chi connectivity index (χ1v) is 13.0. The van der Waals surface area contributed by atoms with Gasteiger partial charge in [-0.15, -0.1) is 22.7 Å². The summed E-state index contributed by atoms with van der Waals surface area (Å²) in [5.74, 6) is 0.763. The Hall–Kier alpha value is -1.46.